The Balaban J connectivity index is 2.55. The molecular formula is C12H10FN. The molecule has 2 rings (SSSR count). The molecule has 0 saturated heterocycles. The Hall–Kier alpha value is -1.83. The molecule has 0 unspecified atom stereocenters. The molecule has 2 aromatic rings. The zero-order valence-electron chi connectivity index (χ0n) is 7.68. The van der Waals surface area contributed by atoms with E-state index in [0.717, 1.165) is 21.8 Å². The van der Waals surface area contributed by atoms with Crippen molar-refractivity contribution in [1.29, 1.82) is 0 Å². The highest BCUT2D eigenvalue weighted by atomic mass is 19.1. The number of aromatic nitrogens is 1. The molecule has 0 radical (unpaired) electrons. The third-order valence-electron chi connectivity index (χ3n) is 2.15. The molecule has 0 fully saturated rings. The maximum atomic E-state index is 12.7. The first-order chi connectivity index (χ1) is 6.66. The zero-order chi connectivity index (χ0) is 10.1. The molecule has 1 aromatic carbocycles. The number of H-pyrrole nitrogens is 1. The first kappa shape index (κ1) is 8.75. The average molecular weight is 187 g/mol. The van der Waals surface area contributed by atoms with Gasteiger partial charge in [-0.05, 0) is 41.1 Å². The molecule has 0 bridgehead atoms. The van der Waals surface area contributed by atoms with Gasteiger partial charge in [-0.1, -0.05) is 13.2 Å². The van der Waals surface area contributed by atoms with E-state index in [2.05, 4.69) is 18.1 Å². The van der Waals surface area contributed by atoms with Crippen molar-refractivity contribution in [1.82, 2.24) is 4.98 Å². The van der Waals surface area contributed by atoms with E-state index in [1.54, 1.807) is 12.1 Å². The van der Waals surface area contributed by atoms with Crippen molar-refractivity contribution in [2.24, 2.45) is 0 Å². The Kier molecular flexibility index (Phi) is 1.97. The number of halogens is 1. The van der Waals surface area contributed by atoms with Crippen LogP contribution in [0.15, 0.2) is 30.3 Å². The van der Waals surface area contributed by atoms with Crippen molar-refractivity contribution < 1.29 is 4.39 Å². The van der Waals surface area contributed by atoms with E-state index < -0.39 is 0 Å². The minimum atomic E-state index is -0.231. The van der Waals surface area contributed by atoms with E-state index >= 15 is 0 Å². The van der Waals surface area contributed by atoms with Gasteiger partial charge in [-0.2, -0.15) is 0 Å². The molecule has 0 amide bonds. The third-order valence-corrected chi connectivity index (χ3v) is 2.15. The van der Waals surface area contributed by atoms with Crippen LogP contribution in [0.1, 0.15) is 0 Å². The molecule has 14 heavy (non-hydrogen) atoms. The molecule has 1 N–H and O–H groups in total. The second kappa shape index (κ2) is 3.14. The van der Waals surface area contributed by atoms with Crippen LogP contribution in [-0.2, 0) is 0 Å². The summed E-state index contributed by atoms with van der Waals surface area (Å²) in [7, 11) is 0. The molecule has 0 atom stereocenters. The maximum absolute atomic E-state index is 12.7. The van der Waals surface area contributed by atoms with Gasteiger partial charge in [-0.3, -0.25) is 0 Å². The lowest BCUT2D eigenvalue weighted by atomic mass is 10.1. The van der Waals surface area contributed by atoms with Crippen molar-refractivity contribution in [2.45, 2.75) is 0 Å². The van der Waals surface area contributed by atoms with Gasteiger partial charge in [0.15, 0.2) is 0 Å². The van der Waals surface area contributed by atoms with Gasteiger partial charge in [0.25, 0.3) is 0 Å². The number of benzene rings is 1. The number of rotatable bonds is 1. The number of hydrogen-bond donors (Lipinski definition) is 1. The SMILES string of the molecule is C=c1cc(-c2ccc(F)cc2)[nH]c1=C. The van der Waals surface area contributed by atoms with Crippen LogP contribution >= 0.6 is 0 Å². The van der Waals surface area contributed by atoms with Gasteiger partial charge in [0.05, 0.1) is 0 Å². The summed E-state index contributed by atoms with van der Waals surface area (Å²) >= 11 is 0. The lowest BCUT2D eigenvalue weighted by Crippen LogP contribution is -2.17. The van der Waals surface area contributed by atoms with E-state index in [4.69, 9.17) is 0 Å². The zero-order valence-corrected chi connectivity index (χ0v) is 7.68. The fourth-order valence-corrected chi connectivity index (χ4v) is 1.33. The summed E-state index contributed by atoms with van der Waals surface area (Å²) in [5, 5.41) is 1.66. The fourth-order valence-electron chi connectivity index (χ4n) is 1.33. The van der Waals surface area contributed by atoms with Crippen molar-refractivity contribution in [2.75, 3.05) is 0 Å². The van der Waals surface area contributed by atoms with E-state index in [9.17, 15) is 4.39 Å². The van der Waals surface area contributed by atoms with Gasteiger partial charge in [0.1, 0.15) is 5.82 Å². The van der Waals surface area contributed by atoms with Crippen molar-refractivity contribution in [3.8, 4) is 11.3 Å². The quantitative estimate of drug-likeness (QED) is 0.698. The van der Waals surface area contributed by atoms with Gasteiger partial charge in [-0.15, -0.1) is 0 Å². The minimum absolute atomic E-state index is 0.231. The van der Waals surface area contributed by atoms with E-state index in [1.807, 2.05) is 6.07 Å². The molecule has 1 heterocycles. The minimum Gasteiger partial charge on any atom is -0.355 e. The summed E-state index contributed by atoms with van der Waals surface area (Å²) in [6, 6.07) is 8.21. The lowest BCUT2D eigenvalue weighted by molar-refractivity contribution is 0.628. The van der Waals surface area contributed by atoms with Crippen LogP contribution in [0.5, 0.6) is 0 Å². The van der Waals surface area contributed by atoms with Crippen LogP contribution in [0, 0.1) is 5.82 Å². The lowest BCUT2D eigenvalue weighted by Gasteiger charge is -1.96. The molecule has 2 heteroatoms. The van der Waals surface area contributed by atoms with Crippen LogP contribution in [-0.4, -0.2) is 4.98 Å². The average Bonchev–Trinajstić information content (AvgIpc) is 2.48. The summed E-state index contributed by atoms with van der Waals surface area (Å²) in [4.78, 5) is 3.08. The first-order valence-electron chi connectivity index (χ1n) is 4.29. The van der Waals surface area contributed by atoms with Gasteiger partial charge in [0.2, 0.25) is 0 Å². The van der Waals surface area contributed by atoms with Crippen molar-refractivity contribution in [3.63, 3.8) is 0 Å². The largest absolute Gasteiger partial charge is 0.355 e. The van der Waals surface area contributed by atoms with Gasteiger partial charge < -0.3 is 4.98 Å². The van der Waals surface area contributed by atoms with Crippen LogP contribution in [0.4, 0.5) is 4.39 Å². The summed E-state index contributed by atoms with van der Waals surface area (Å²) in [6.45, 7) is 7.61. The van der Waals surface area contributed by atoms with E-state index in [-0.39, 0.29) is 5.82 Å². The fraction of sp³-hybridized carbons (Fsp3) is 0. The molecule has 0 aliphatic carbocycles. The Morgan fingerprint density at radius 1 is 1.07 bits per heavy atom. The molecule has 70 valence electrons. The molecule has 1 nitrogen and oxygen atoms in total. The number of nitrogens with one attached hydrogen (secondary N) is 1. The predicted octanol–water partition coefficient (Wildman–Crippen LogP) is 1.64. The Labute approximate surface area is 81.2 Å². The smallest absolute Gasteiger partial charge is 0.123 e. The van der Waals surface area contributed by atoms with Crippen molar-refractivity contribution in [3.05, 3.63) is 46.7 Å². The van der Waals surface area contributed by atoms with Gasteiger partial charge in [-0.25, -0.2) is 4.39 Å². The van der Waals surface area contributed by atoms with Gasteiger partial charge in [0, 0.05) is 11.0 Å². The van der Waals surface area contributed by atoms with Crippen LogP contribution < -0.4 is 10.6 Å². The summed E-state index contributed by atoms with van der Waals surface area (Å²) in [5.74, 6) is -0.231. The van der Waals surface area contributed by atoms with E-state index in [0.29, 0.717) is 0 Å². The Bertz CT molecular complexity index is 509. The molecule has 0 aliphatic rings. The van der Waals surface area contributed by atoms with Crippen molar-refractivity contribution >= 4 is 13.2 Å². The second-order valence-electron chi connectivity index (χ2n) is 3.19. The molecular weight excluding hydrogens is 177 g/mol. The topological polar surface area (TPSA) is 15.8 Å². The Morgan fingerprint density at radius 3 is 2.21 bits per heavy atom. The van der Waals surface area contributed by atoms with Crippen LogP contribution in [0.2, 0.25) is 0 Å². The first-order valence-corrected chi connectivity index (χ1v) is 4.29. The number of aromatic amines is 1. The monoisotopic (exact) mass is 187 g/mol. The van der Waals surface area contributed by atoms with E-state index in [1.165, 1.54) is 12.1 Å². The number of hydrogen-bond acceptors (Lipinski definition) is 0. The Morgan fingerprint density at radius 2 is 1.71 bits per heavy atom. The maximum Gasteiger partial charge on any atom is 0.123 e. The predicted molar refractivity (Wildman–Crippen MR) is 56.5 cm³/mol. The second-order valence-corrected chi connectivity index (χ2v) is 3.19. The third kappa shape index (κ3) is 1.46. The molecule has 1 aromatic heterocycles. The summed E-state index contributed by atoms with van der Waals surface area (Å²) < 4.78 is 12.7. The highest BCUT2D eigenvalue weighted by Gasteiger charge is 1.98. The molecule has 0 saturated carbocycles. The highest BCUT2D eigenvalue weighted by Crippen LogP contribution is 2.14. The van der Waals surface area contributed by atoms with Gasteiger partial charge >= 0.3 is 0 Å². The molecule has 0 aliphatic heterocycles. The molecule has 0 spiro atoms. The highest BCUT2D eigenvalue weighted by molar-refractivity contribution is 5.59. The summed E-state index contributed by atoms with van der Waals surface area (Å²) in [6.07, 6.45) is 0. The normalized spacial score (nSPS) is 10.4. The standard InChI is InChI=1S/C12H10FN/c1-8-7-12(14-9(8)2)10-3-5-11(13)6-4-10/h3-7,14H,1-2H2. The van der Waals surface area contributed by atoms with Crippen LogP contribution in [0.3, 0.4) is 0 Å². The van der Waals surface area contributed by atoms with Crippen LogP contribution in [0.25, 0.3) is 24.4 Å². The summed E-state index contributed by atoms with van der Waals surface area (Å²) in [5.41, 5.74) is 1.85.